The fraction of sp³-hybridized carbons (Fsp3) is 1.00. The lowest BCUT2D eigenvalue weighted by Crippen LogP contribution is -2.70. The van der Waals surface area contributed by atoms with Crippen LogP contribution in [0.1, 0.15) is 32.1 Å². The third kappa shape index (κ3) is 1.55. The molecule has 1 spiro atoms. The Morgan fingerprint density at radius 2 is 1.82 bits per heavy atom. The Morgan fingerprint density at radius 1 is 1.23 bits per heavy atom. The first kappa shape index (κ1) is 15.2. The van der Waals surface area contributed by atoms with Gasteiger partial charge in [0, 0.05) is 12.5 Å². The van der Waals surface area contributed by atoms with E-state index in [4.69, 9.17) is 14.0 Å². The second-order valence-corrected chi connectivity index (χ2v) is 9.25. The van der Waals surface area contributed by atoms with Gasteiger partial charge in [0.1, 0.15) is 6.61 Å². The molecule has 4 rings (SSSR count). The lowest BCUT2D eigenvalue weighted by molar-refractivity contribution is -0.286. The highest BCUT2D eigenvalue weighted by atomic mass is 32.2. The molecule has 0 aromatic heterocycles. The number of alkyl halides is 2. The van der Waals surface area contributed by atoms with Crippen LogP contribution in [-0.2, 0) is 19.6 Å². The standard InChI is InChI=1S/C14H20F2O5S/c1-20-12-4-9-2-11(3-10(5-12)13(9,11)6-12)7-21-8-14(15,16)22(17,18)19/h9-10H,2-8H2,1H3,(H,17,18,19). The summed E-state index contributed by atoms with van der Waals surface area (Å²) in [6, 6.07) is 0. The number of rotatable bonds is 6. The van der Waals surface area contributed by atoms with Gasteiger partial charge in [0.15, 0.2) is 0 Å². The molecule has 2 unspecified atom stereocenters. The van der Waals surface area contributed by atoms with Crippen molar-refractivity contribution in [2.24, 2.45) is 22.7 Å². The third-order valence-corrected chi connectivity index (χ3v) is 7.90. The molecular formula is C14H20F2O5S. The number of hydrogen-bond donors (Lipinski definition) is 1. The number of hydrogen-bond acceptors (Lipinski definition) is 4. The summed E-state index contributed by atoms with van der Waals surface area (Å²) in [5.74, 6) is 1.18. The van der Waals surface area contributed by atoms with E-state index in [1.54, 1.807) is 7.11 Å². The highest BCUT2D eigenvalue weighted by molar-refractivity contribution is 7.86. The zero-order valence-electron chi connectivity index (χ0n) is 12.3. The highest BCUT2D eigenvalue weighted by Crippen LogP contribution is 2.88. The van der Waals surface area contributed by atoms with Crippen LogP contribution in [-0.4, -0.2) is 44.1 Å². The molecule has 8 heteroatoms. The van der Waals surface area contributed by atoms with Gasteiger partial charge in [0.05, 0.1) is 12.2 Å². The minimum absolute atomic E-state index is 0.0358. The maximum Gasteiger partial charge on any atom is 0.392 e. The van der Waals surface area contributed by atoms with Crippen LogP contribution >= 0.6 is 0 Å². The van der Waals surface area contributed by atoms with Crippen LogP contribution in [0.3, 0.4) is 0 Å². The number of fused-ring (bicyclic) bond motifs is 1. The molecule has 126 valence electrons. The zero-order chi connectivity index (χ0) is 16.0. The first-order chi connectivity index (χ1) is 10.1. The van der Waals surface area contributed by atoms with Gasteiger partial charge in [-0.25, -0.2) is 0 Å². The van der Waals surface area contributed by atoms with Crippen LogP contribution in [0, 0.1) is 22.7 Å². The van der Waals surface area contributed by atoms with Gasteiger partial charge in [-0.05, 0) is 49.4 Å². The first-order valence-corrected chi connectivity index (χ1v) is 9.02. The summed E-state index contributed by atoms with van der Waals surface area (Å²) in [5.41, 5.74) is 0.0384. The Morgan fingerprint density at radius 3 is 2.32 bits per heavy atom. The normalized spacial score (nSPS) is 48.7. The summed E-state index contributed by atoms with van der Waals surface area (Å²) >= 11 is 0. The van der Waals surface area contributed by atoms with E-state index in [2.05, 4.69) is 0 Å². The Balaban J connectivity index is 1.43. The van der Waals surface area contributed by atoms with Gasteiger partial charge in [0.25, 0.3) is 0 Å². The van der Waals surface area contributed by atoms with Crippen molar-refractivity contribution in [1.29, 1.82) is 0 Å². The fourth-order valence-corrected chi connectivity index (χ4v) is 6.51. The smallest absolute Gasteiger partial charge is 0.378 e. The summed E-state index contributed by atoms with van der Waals surface area (Å²) in [7, 11) is -3.67. The van der Waals surface area contributed by atoms with E-state index in [0.717, 1.165) is 32.1 Å². The molecule has 0 radical (unpaired) electrons. The molecule has 1 N–H and O–H groups in total. The zero-order valence-corrected chi connectivity index (χ0v) is 13.2. The molecule has 22 heavy (non-hydrogen) atoms. The van der Waals surface area contributed by atoms with Crippen LogP contribution < -0.4 is 0 Å². The van der Waals surface area contributed by atoms with Crippen molar-refractivity contribution < 1.29 is 31.2 Å². The summed E-state index contributed by atoms with van der Waals surface area (Å²) in [5, 5.41) is -4.24. The molecule has 0 heterocycles. The second-order valence-electron chi connectivity index (χ2n) is 7.70. The predicted molar refractivity (Wildman–Crippen MR) is 72.0 cm³/mol. The average molecular weight is 338 g/mol. The molecule has 2 bridgehead atoms. The molecule has 0 aromatic rings. The maximum absolute atomic E-state index is 13.2. The summed E-state index contributed by atoms with van der Waals surface area (Å²) < 4.78 is 67.0. The van der Waals surface area contributed by atoms with Gasteiger partial charge in [-0.2, -0.15) is 17.2 Å². The number of halogens is 2. The summed E-state index contributed by atoms with van der Waals surface area (Å²) in [6.07, 6.45) is 4.97. The van der Waals surface area contributed by atoms with Crippen molar-refractivity contribution in [3.05, 3.63) is 0 Å². The lowest BCUT2D eigenvalue weighted by atomic mass is 9.30. The van der Waals surface area contributed by atoms with Crippen molar-refractivity contribution in [3.8, 4) is 0 Å². The van der Waals surface area contributed by atoms with Crippen LogP contribution in [0.2, 0.25) is 0 Å². The molecule has 2 atom stereocenters. The Bertz CT molecular complexity index is 601. The first-order valence-electron chi connectivity index (χ1n) is 7.58. The number of methoxy groups -OCH3 is 1. The molecule has 0 saturated heterocycles. The topological polar surface area (TPSA) is 72.8 Å². The predicted octanol–water partition coefficient (Wildman–Crippen LogP) is 2.08. The maximum atomic E-state index is 13.2. The van der Waals surface area contributed by atoms with Crippen molar-refractivity contribution in [2.45, 2.75) is 43.0 Å². The van der Waals surface area contributed by atoms with Crippen molar-refractivity contribution in [1.82, 2.24) is 0 Å². The van der Waals surface area contributed by atoms with Gasteiger partial charge in [-0.15, -0.1) is 0 Å². The third-order valence-electron chi connectivity index (χ3n) is 7.03. The van der Waals surface area contributed by atoms with E-state index in [0.29, 0.717) is 11.8 Å². The molecule has 4 fully saturated rings. The Kier molecular flexibility index (Phi) is 2.78. The Hall–Kier alpha value is -0.310. The van der Waals surface area contributed by atoms with Gasteiger partial charge < -0.3 is 9.47 Å². The molecule has 0 aromatic carbocycles. The van der Waals surface area contributed by atoms with Crippen LogP contribution in [0.25, 0.3) is 0 Å². The number of ether oxygens (including phenoxy) is 2. The second kappa shape index (κ2) is 4.02. The molecule has 4 aliphatic carbocycles. The lowest BCUT2D eigenvalue weighted by Gasteiger charge is -2.74. The van der Waals surface area contributed by atoms with Crippen molar-refractivity contribution >= 4 is 10.1 Å². The van der Waals surface area contributed by atoms with Gasteiger partial charge in [-0.1, -0.05) is 0 Å². The van der Waals surface area contributed by atoms with E-state index >= 15 is 0 Å². The van der Waals surface area contributed by atoms with E-state index in [1.165, 1.54) is 0 Å². The average Bonchev–Trinajstić information content (AvgIpc) is 2.86. The van der Waals surface area contributed by atoms with E-state index < -0.39 is 22.0 Å². The van der Waals surface area contributed by atoms with Crippen LogP contribution in [0.5, 0.6) is 0 Å². The van der Waals surface area contributed by atoms with E-state index in [9.17, 15) is 17.2 Å². The molecule has 4 saturated carbocycles. The van der Waals surface area contributed by atoms with E-state index in [-0.39, 0.29) is 23.0 Å². The quantitative estimate of drug-likeness (QED) is 0.751. The van der Waals surface area contributed by atoms with Crippen LogP contribution in [0.4, 0.5) is 8.78 Å². The summed E-state index contributed by atoms with van der Waals surface area (Å²) in [4.78, 5) is 0. The fourth-order valence-electron chi connectivity index (χ4n) is 6.28. The summed E-state index contributed by atoms with van der Waals surface area (Å²) in [6.45, 7) is -1.14. The molecule has 5 nitrogen and oxygen atoms in total. The molecule has 0 amide bonds. The largest absolute Gasteiger partial charge is 0.392 e. The van der Waals surface area contributed by atoms with Crippen LogP contribution in [0.15, 0.2) is 0 Å². The minimum Gasteiger partial charge on any atom is -0.378 e. The van der Waals surface area contributed by atoms with Gasteiger partial charge >= 0.3 is 15.4 Å². The van der Waals surface area contributed by atoms with Crippen molar-refractivity contribution in [2.75, 3.05) is 20.3 Å². The molecule has 0 aliphatic heterocycles. The van der Waals surface area contributed by atoms with Crippen molar-refractivity contribution in [3.63, 3.8) is 0 Å². The molecular weight excluding hydrogens is 318 g/mol. The monoisotopic (exact) mass is 338 g/mol. The van der Waals surface area contributed by atoms with E-state index in [1.807, 2.05) is 0 Å². The minimum atomic E-state index is -5.42. The molecule has 4 aliphatic rings. The van der Waals surface area contributed by atoms with Gasteiger partial charge in [0.2, 0.25) is 0 Å². The highest BCUT2D eigenvalue weighted by Gasteiger charge is 2.84. The Labute approximate surface area is 128 Å². The SMILES string of the molecule is COC12CC3CC4(COCC(F)(F)S(=O)(=O)O)CC(C1)C34C2. The van der Waals surface area contributed by atoms with Gasteiger partial charge in [-0.3, -0.25) is 4.55 Å².